The normalized spacial score (nSPS) is 10.2. The van der Waals surface area contributed by atoms with Crippen molar-refractivity contribution in [2.24, 2.45) is 0 Å². The summed E-state index contributed by atoms with van der Waals surface area (Å²) < 4.78 is 6.33. The van der Waals surface area contributed by atoms with Crippen molar-refractivity contribution in [1.29, 1.82) is 0 Å². The molecule has 2 nitrogen and oxygen atoms in total. The van der Waals surface area contributed by atoms with Crippen molar-refractivity contribution in [1.82, 2.24) is 0 Å². The molecule has 18 heavy (non-hydrogen) atoms. The average Bonchev–Trinajstić information content (AvgIpc) is 2.38. The van der Waals surface area contributed by atoms with Gasteiger partial charge in [0.05, 0.1) is 7.11 Å². The summed E-state index contributed by atoms with van der Waals surface area (Å²) in [4.78, 5) is 0. The summed E-state index contributed by atoms with van der Waals surface area (Å²) in [7, 11) is 1.70. The van der Waals surface area contributed by atoms with Gasteiger partial charge in [-0.25, -0.2) is 0 Å². The number of nitrogens with one attached hydrogen (secondary N) is 1. The molecule has 0 radical (unpaired) electrons. The molecule has 1 N–H and O–H groups in total. The number of anilines is 1. The van der Waals surface area contributed by atoms with E-state index in [1.165, 1.54) is 5.56 Å². The van der Waals surface area contributed by atoms with Crippen molar-refractivity contribution in [2.75, 3.05) is 12.4 Å². The van der Waals surface area contributed by atoms with Gasteiger partial charge in [-0.2, -0.15) is 0 Å². The van der Waals surface area contributed by atoms with E-state index in [2.05, 4.69) is 46.4 Å². The van der Waals surface area contributed by atoms with Gasteiger partial charge >= 0.3 is 0 Å². The first-order valence-corrected chi connectivity index (χ1v) is 6.62. The van der Waals surface area contributed by atoms with Crippen LogP contribution in [-0.4, -0.2) is 7.11 Å². The third kappa shape index (κ3) is 3.05. The first-order chi connectivity index (χ1) is 8.70. The SMILES string of the molecule is COc1ccc(CNc2ccccc2Br)cc1C. The summed E-state index contributed by atoms with van der Waals surface area (Å²) in [6.07, 6.45) is 0. The zero-order valence-electron chi connectivity index (χ0n) is 10.5. The predicted octanol–water partition coefficient (Wildman–Crippen LogP) is 4.38. The van der Waals surface area contributed by atoms with Gasteiger partial charge < -0.3 is 10.1 Å². The summed E-state index contributed by atoms with van der Waals surface area (Å²) in [6, 6.07) is 14.3. The van der Waals surface area contributed by atoms with Crippen LogP contribution in [0.15, 0.2) is 46.9 Å². The standard InChI is InChI=1S/C15H16BrNO/c1-11-9-12(7-8-15(11)18-2)10-17-14-6-4-3-5-13(14)16/h3-9,17H,10H2,1-2H3. The fourth-order valence-corrected chi connectivity index (χ4v) is 2.28. The zero-order chi connectivity index (χ0) is 13.0. The van der Waals surface area contributed by atoms with Crippen LogP contribution in [0.25, 0.3) is 0 Å². The Morgan fingerprint density at radius 2 is 1.94 bits per heavy atom. The monoisotopic (exact) mass is 305 g/mol. The van der Waals surface area contributed by atoms with Crippen LogP contribution in [0.3, 0.4) is 0 Å². The smallest absolute Gasteiger partial charge is 0.121 e. The van der Waals surface area contributed by atoms with Gasteiger partial charge in [-0.05, 0) is 52.2 Å². The first kappa shape index (κ1) is 13.0. The molecule has 2 aromatic carbocycles. The molecule has 94 valence electrons. The maximum Gasteiger partial charge on any atom is 0.121 e. The zero-order valence-corrected chi connectivity index (χ0v) is 12.1. The van der Waals surface area contributed by atoms with E-state index in [-0.39, 0.29) is 0 Å². The molecule has 2 aromatic rings. The number of methoxy groups -OCH3 is 1. The number of halogens is 1. The summed E-state index contributed by atoms with van der Waals surface area (Å²) >= 11 is 3.52. The highest BCUT2D eigenvalue weighted by Crippen LogP contribution is 2.23. The van der Waals surface area contributed by atoms with E-state index in [0.717, 1.165) is 28.0 Å². The number of benzene rings is 2. The molecule has 0 aromatic heterocycles. The Kier molecular flexibility index (Phi) is 4.26. The molecular weight excluding hydrogens is 290 g/mol. The second-order valence-corrected chi connectivity index (χ2v) is 4.99. The maximum absolute atomic E-state index is 5.25. The second-order valence-electron chi connectivity index (χ2n) is 4.14. The van der Waals surface area contributed by atoms with Crippen molar-refractivity contribution in [3.05, 3.63) is 58.1 Å². The average molecular weight is 306 g/mol. The Bertz CT molecular complexity index is 540. The van der Waals surface area contributed by atoms with E-state index < -0.39 is 0 Å². The van der Waals surface area contributed by atoms with Gasteiger partial charge in [0.25, 0.3) is 0 Å². The minimum Gasteiger partial charge on any atom is -0.496 e. The van der Waals surface area contributed by atoms with Crippen LogP contribution in [-0.2, 0) is 6.54 Å². The van der Waals surface area contributed by atoms with Crippen molar-refractivity contribution >= 4 is 21.6 Å². The van der Waals surface area contributed by atoms with E-state index >= 15 is 0 Å². The fourth-order valence-electron chi connectivity index (χ4n) is 1.85. The maximum atomic E-state index is 5.25. The van der Waals surface area contributed by atoms with E-state index in [1.54, 1.807) is 7.11 Å². The Hall–Kier alpha value is -1.48. The van der Waals surface area contributed by atoms with Gasteiger partial charge in [-0.15, -0.1) is 0 Å². The Morgan fingerprint density at radius 3 is 2.61 bits per heavy atom. The summed E-state index contributed by atoms with van der Waals surface area (Å²) in [6.45, 7) is 2.86. The van der Waals surface area contributed by atoms with Gasteiger partial charge in [0, 0.05) is 16.7 Å². The van der Waals surface area contributed by atoms with E-state index in [0.29, 0.717) is 0 Å². The Morgan fingerprint density at radius 1 is 1.17 bits per heavy atom. The van der Waals surface area contributed by atoms with E-state index in [4.69, 9.17) is 4.74 Å². The quantitative estimate of drug-likeness (QED) is 0.905. The van der Waals surface area contributed by atoms with Gasteiger partial charge in [0.2, 0.25) is 0 Å². The lowest BCUT2D eigenvalue weighted by Crippen LogP contribution is -2.00. The molecule has 0 bridgehead atoms. The van der Waals surface area contributed by atoms with Gasteiger partial charge in [-0.1, -0.05) is 24.3 Å². The summed E-state index contributed by atoms with van der Waals surface area (Å²) in [5, 5.41) is 3.41. The van der Waals surface area contributed by atoms with Crippen LogP contribution in [0.2, 0.25) is 0 Å². The lowest BCUT2D eigenvalue weighted by Gasteiger charge is -2.10. The van der Waals surface area contributed by atoms with Crippen LogP contribution in [0.5, 0.6) is 5.75 Å². The highest BCUT2D eigenvalue weighted by atomic mass is 79.9. The second kappa shape index (κ2) is 5.91. The van der Waals surface area contributed by atoms with Crippen molar-refractivity contribution in [3.8, 4) is 5.75 Å². The highest BCUT2D eigenvalue weighted by molar-refractivity contribution is 9.10. The number of aryl methyl sites for hydroxylation is 1. The van der Waals surface area contributed by atoms with Gasteiger partial charge in [0.15, 0.2) is 0 Å². The number of hydrogen-bond acceptors (Lipinski definition) is 2. The molecule has 0 aliphatic heterocycles. The first-order valence-electron chi connectivity index (χ1n) is 5.82. The molecule has 0 spiro atoms. The number of para-hydroxylation sites is 1. The Balaban J connectivity index is 2.07. The minimum absolute atomic E-state index is 0.799. The van der Waals surface area contributed by atoms with Crippen LogP contribution in [0.1, 0.15) is 11.1 Å². The minimum atomic E-state index is 0.799. The third-order valence-electron chi connectivity index (χ3n) is 2.82. The molecule has 3 heteroatoms. The van der Waals surface area contributed by atoms with Crippen molar-refractivity contribution in [3.63, 3.8) is 0 Å². The number of rotatable bonds is 4. The lowest BCUT2D eigenvalue weighted by molar-refractivity contribution is 0.411. The molecule has 0 fully saturated rings. The number of hydrogen-bond donors (Lipinski definition) is 1. The lowest BCUT2D eigenvalue weighted by atomic mass is 10.1. The topological polar surface area (TPSA) is 21.3 Å². The molecule has 0 unspecified atom stereocenters. The van der Waals surface area contributed by atoms with Crippen LogP contribution in [0, 0.1) is 6.92 Å². The van der Waals surface area contributed by atoms with E-state index in [9.17, 15) is 0 Å². The molecule has 0 aliphatic rings. The Labute approximate surface area is 116 Å². The van der Waals surface area contributed by atoms with E-state index in [1.807, 2.05) is 24.3 Å². The van der Waals surface area contributed by atoms with Gasteiger partial charge in [0.1, 0.15) is 5.75 Å². The molecular formula is C15H16BrNO. The predicted molar refractivity (Wildman–Crippen MR) is 79.2 cm³/mol. The van der Waals surface area contributed by atoms with Gasteiger partial charge in [-0.3, -0.25) is 0 Å². The molecule has 0 aliphatic carbocycles. The summed E-state index contributed by atoms with van der Waals surface area (Å²) in [5.41, 5.74) is 3.50. The van der Waals surface area contributed by atoms with Crippen LogP contribution in [0.4, 0.5) is 5.69 Å². The molecule has 0 saturated carbocycles. The third-order valence-corrected chi connectivity index (χ3v) is 3.51. The van der Waals surface area contributed by atoms with Crippen LogP contribution < -0.4 is 10.1 Å². The number of ether oxygens (including phenoxy) is 1. The summed E-state index contributed by atoms with van der Waals surface area (Å²) in [5.74, 6) is 0.930. The van der Waals surface area contributed by atoms with Crippen molar-refractivity contribution < 1.29 is 4.74 Å². The highest BCUT2D eigenvalue weighted by Gasteiger charge is 2.01. The molecule has 0 heterocycles. The largest absolute Gasteiger partial charge is 0.496 e. The molecule has 2 rings (SSSR count). The fraction of sp³-hybridized carbons (Fsp3) is 0.200. The van der Waals surface area contributed by atoms with Crippen molar-refractivity contribution in [2.45, 2.75) is 13.5 Å². The molecule has 0 amide bonds. The molecule has 0 saturated heterocycles. The molecule has 0 atom stereocenters. The van der Waals surface area contributed by atoms with Crippen LogP contribution >= 0.6 is 15.9 Å².